The van der Waals surface area contributed by atoms with Gasteiger partial charge in [-0.05, 0) is 49.3 Å². The van der Waals surface area contributed by atoms with Crippen molar-refractivity contribution in [3.8, 4) is 0 Å². The van der Waals surface area contributed by atoms with Crippen molar-refractivity contribution in [3.05, 3.63) is 57.4 Å². The largest absolute Gasteiger partial charge is 0.335 e. The van der Waals surface area contributed by atoms with Gasteiger partial charge in [0.15, 0.2) is 0 Å². The molecule has 4 heteroatoms. The van der Waals surface area contributed by atoms with E-state index in [2.05, 4.69) is 111 Å². The number of nitrogens with zero attached hydrogens (tertiary/aromatic N) is 1. The molecule has 0 heterocycles. The van der Waals surface area contributed by atoms with Gasteiger partial charge in [0.05, 0.1) is 9.93 Å². The van der Waals surface area contributed by atoms with Crippen molar-refractivity contribution in [2.24, 2.45) is 28.7 Å². The van der Waals surface area contributed by atoms with Crippen molar-refractivity contribution >= 4 is 29.4 Å². The van der Waals surface area contributed by atoms with Gasteiger partial charge >= 0.3 is 0 Å². The molecule has 2 nitrogen and oxygen atoms in total. The summed E-state index contributed by atoms with van der Waals surface area (Å²) in [6.07, 6.45) is 6.77. The smallest absolute Gasteiger partial charge is 0.139 e. The summed E-state index contributed by atoms with van der Waals surface area (Å²) in [6.45, 7) is 30.6. The molecule has 0 aromatic carbocycles. The van der Waals surface area contributed by atoms with Crippen molar-refractivity contribution < 1.29 is 0 Å². The molecule has 0 aromatic rings. The zero-order valence-electron chi connectivity index (χ0n) is 21.8. The van der Waals surface area contributed by atoms with E-state index in [1.165, 1.54) is 16.1 Å². The van der Waals surface area contributed by atoms with Crippen LogP contribution in [0.3, 0.4) is 0 Å². The van der Waals surface area contributed by atoms with E-state index in [1.54, 1.807) is 23.5 Å². The molecule has 31 heavy (non-hydrogen) atoms. The van der Waals surface area contributed by atoms with Crippen LogP contribution in [0.4, 0.5) is 0 Å². The first-order chi connectivity index (χ1) is 14.3. The topological polar surface area (TPSA) is 24.4 Å². The third-order valence-electron chi connectivity index (χ3n) is 5.55. The van der Waals surface area contributed by atoms with Crippen LogP contribution in [-0.2, 0) is 0 Å². The van der Waals surface area contributed by atoms with Crippen molar-refractivity contribution in [1.29, 1.82) is 0 Å². The number of amidine groups is 1. The first kappa shape index (κ1) is 29.9. The van der Waals surface area contributed by atoms with Gasteiger partial charge in [-0.3, -0.25) is 4.99 Å². The fourth-order valence-corrected chi connectivity index (χ4v) is 4.80. The maximum atomic E-state index is 4.54. The maximum absolute atomic E-state index is 4.54. The molecule has 0 spiro atoms. The molecule has 0 saturated carbocycles. The lowest BCUT2D eigenvalue weighted by Gasteiger charge is -2.23. The zero-order chi connectivity index (χ0) is 24.3. The van der Waals surface area contributed by atoms with Crippen LogP contribution < -0.4 is 5.32 Å². The lowest BCUT2D eigenvalue weighted by atomic mass is 9.98. The predicted molar refractivity (Wildman–Crippen MR) is 149 cm³/mol. The van der Waals surface area contributed by atoms with E-state index >= 15 is 0 Å². The second-order valence-electron chi connectivity index (χ2n) is 9.04. The predicted octanol–water partition coefficient (Wildman–Crippen LogP) is 8.82. The number of nitrogens with one attached hydrogen (secondary N) is 1. The molecular weight excluding hydrogens is 416 g/mol. The summed E-state index contributed by atoms with van der Waals surface area (Å²) >= 11 is 3.50. The highest BCUT2D eigenvalue weighted by Gasteiger charge is 2.19. The van der Waals surface area contributed by atoms with Gasteiger partial charge in [-0.1, -0.05) is 103 Å². The van der Waals surface area contributed by atoms with Gasteiger partial charge in [0, 0.05) is 12.3 Å². The zero-order valence-corrected chi connectivity index (χ0v) is 23.4. The highest BCUT2D eigenvalue weighted by atomic mass is 32.2. The molecule has 0 saturated heterocycles. The van der Waals surface area contributed by atoms with Gasteiger partial charge in [0.25, 0.3) is 0 Å². The SMILES string of the molecule is C=C(NC(=NC)C(SC(=C)C(C)C(C)C)=C(C)C)SC(C)C(C)/C=C\C(=C/C)C(C)C. The van der Waals surface area contributed by atoms with Crippen molar-refractivity contribution in [1.82, 2.24) is 5.32 Å². The Labute approximate surface area is 201 Å². The molecule has 0 aromatic heterocycles. The first-order valence-corrected chi connectivity index (χ1v) is 13.0. The van der Waals surface area contributed by atoms with Crippen molar-refractivity contribution in [3.63, 3.8) is 0 Å². The Morgan fingerprint density at radius 3 is 2.00 bits per heavy atom. The standard InChI is InChI=1S/C27H46N2S2/c1-14-25(18(4)5)16-15-20(8)22(10)30-24(12)29-27(28-13)26(19(6)7)31-23(11)21(9)17(2)3/h14-18,20-22H,11-12H2,1-10,13H3,(H,28,29)/b16-15-,25-14+. The maximum Gasteiger partial charge on any atom is 0.139 e. The van der Waals surface area contributed by atoms with Gasteiger partial charge < -0.3 is 5.32 Å². The lowest BCUT2D eigenvalue weighted by molar-refractivity contribution is 0.499. The van der Waals surface area contributed by atoms with E-state index in [0.29, 0.717) is 28.9 Å². The second kappa shape index (κ2) is 14.8. The quantitative estimate of drug-likeness (QED) is 0.178. The summed E-state index contributed by atoms with van der Waals surface area (Å²) in [5.74, 6) is 2.85. The average molecular weight is 463 g/mol. The fourth-order valence-electron chi connectivity index (χ4n) is 2.73. The summed E-state index contributed by atoms with van der Waals surface area (Å²) in [4.78, 5) is 6.85. The molecule has 0 amide bonds. The normalized spacial score (nSPS) is 15.9. The highest BCUT2D eigenvalue weighted by Crippen LogP contribution is 2.36. The third kappa shape index (κ3) is 10.8. The Kier molecular flexibility index (Phi) is 14.3. The number of rotatable bonds is 12. The Balaban J connectivity index is 5.18. The van der Waals surface area contributed by atoms with E-state index in [9.17, 15) is 0 Å². The summed E-state index contributed by atoms with van der Waals surface area (Å²) in [7, 11) is 1.83. The molecular formula is C27H46N2S2. The van der Waals surface area contributed by atoms with Crippen LogP contribution in [-0.4, -0.2) is 18.1 Å². The molecule has 3 unspecified atom stereocenters. The van der Waals surface area contributed by atoms with Crippen LogP contribution in [0.25, 0.3) is 0 Å². The Hall–Kier alpha value is -1.13. The number of hydrogen-bond donors (Lipinski definition) is 1. The van der Waals surface area contributed by atoms with Crippen LogP contribution in [0, 0.1) is 23.7 Å². The molecule has 0 fully saturated rings. The van der Waals surface area contributed by atoms with Gasteiger partial charge in [-0.25, -0.2) is 0 Å². The minimum absolute atomic E-state index is 0.401. The molecule has 0 radical (unpaired) electrons. The minimum atomic E-state index is 0.401. The van der Waals surface area contributed by atoms with Crippen LogP contribution in [0.15, 0.2) is 62.4 Å². The van der Waals surface area contributed by atoms with Crippen LogP contribution >= 0.6 is 23.5 Å². The van der Waals surface area contributed by atoms with Gasteiger partial charge in [0.2, 0.25) is 0 Å². The Morgan fingerprint density at radius 1 is 1.00 bits per heavy atom. The molecule has 0 rings (SSSR count). The molecule has 0 aliphatic rings. The summed E-state index contributed by atoms with van der Waals surface area (Å²) < 4.78 is 0. The number of hydrogen-bond acceptors (Lipinski definition) is 3. The van der Waals surface area contributed by atoms with E-state index in [1.807, 2.05) is 7.05 Å². The molecule has 3 atom stereocenters. The molecule has 0 aliphatic heterocycles. The minimum Gasteiger partial charge on any atom is -0.335 e. The number of aliphatic imine (C=N–C) groups is 1. The lowest BCUT2D eigenvalue weighted by Crippen LogP contribution is -2.24. The van der Waals surface area contributed by atoms with E-state index < -0.39 is 0 Å². The fraction of sp³-hybridized carbons (Fsp3) is 0.593. The Morgan fingerprint density at radius 2 is 1.58 bits per heavy atom. The number of allylic oxidation sites excluding steroid dienone is 6. The number of thioether (sulfide) groups is 2. The molecule has 0 aliphatic carbocycles. The monoisotopic (exact) mass is 462 g/mol. The third-order valence-corrected chi connectivity index (χ3v) is 8.18. The summed E-state index contributed by atoms with van der Waals surface area (Å²) in [6, 6.07) is 0. The van der Waals surface area contributed by atoms with E-state index in [0.717, 1.165) is 15.8 Å². The van der Waals surface area contributed by atoms with Gasteiger partial charge in [0.1, 0.15) is 5.84 Å². The van der Waals surface area contributed by atoms with E-state index in [4.69, 9.17) is 0 Å². The molecule has 176 valence electrons. The molecule has 1 N–H and O–H groups in total. The average Bonchev–Trinajstić information content (AvgIpc) is 2.69. The van der Waals surface area contributed by atoms with Crippen molar-refractivity contribution in [2.75, 3.05) is 7.05 Å². The van der Waals surface area contributed by atoms with Crippen LogP contribution in [0.2, 0.25) is 0 Å². The van der Waals surface area contributed by atoms with E-state index in [-0.39, 0.29) is 0 Å². The first-order valence-electron chi connectivity index (χ1n) is 11.3. The van der Waals surface area contributed by atoms with Gasteiger partial charge in [-0.15, -0.1) is 11.8 Å². The van der Waals surface area contributed by atoms with Crippen molar-refractivity contribution in [2.45, 2.75) is 74.5 Å². The highest BCUT2D eigenvalue weighted by molar-refractivity contribution is 8.07. The van der Waals surface area contributed by atoms with Crippen LogP contribution in [0.5, 0.6) is 0 Å². The summed E-state index contributed by atoms with van der Waals surface area (Å²) in [5, 5.41) is 4.79. The molecule has 0 bridgehead atoms. The second-order valence-corrected chi connectivity index (χ2v) is 11.6. The Bertz CT molecular complexity index is 720. The summed E-state index contributed by atoms with van der Waals surface area (Å²) in [5.41, 5.74) is 2.60. The van der Waals surface area contributed by atoms with Gasteiger partial charge in [-0.2, -0.15) is 0 Å². The van der Waals surface area contributed by atoms with Crippen LogP contribution in [0.1, 0.15) is 69.2 Å².